The van der Waals surface area contributed by atoms with Crippen LogP contribution in [-0.2, 0) is 11.2 Å². The van der Waals surface area contributed by atoms with Crippen molar-refractivity contribution in [1.29, 1.82) is 0 Å². The Balaban J connectivity index is 2.07. The number of methoxy groups -OCH3 is 2. The lowest BCUT2D eigenvalue weighted by molar-refractivity contribution is 0.112. The Kier molecular flexibility index (Phi) is 5.77. The molecule has 0 atom stereocenters. The summed E-state index contributed by atoms with van der Waals surface area (Å²) in [5.41, 5.74) is 5.72. The number of hydrogen-bond donors (Lipinski definition) is 0. The van der Waals surface area contributed by atoms with Crippen LogP contribution < -0.4 is 4.74 Å². The molecule has 0 fully saturated rings. The number of ether oxygens (including phenoxy) is 2. The van der Waals surface area contributed by atoms with Crippen molar-refractivity contribution in [3.8, 4) is 28.1 Å². The van der Waals surface area contributed by atoms with Crippen molar-refractivity contribution in [2.45, 2.75) is 6.42 Å². The van der Waals surface area contributed by atoms with E-state index in [2.05, 4.69) is 6.07 Å². The molecule has 3 aromatic rings. The van der Waals surface area contributed by atoms with Gasteiger partial charge in [0.15, 0.2) is 0 Å². The maximum atomic E-state index is 10.9. The zero-order valence-corrected chi connectivity index (χ0v) is 14.9. The third-order valence-corrected chi connectivity index (χ3v) is 4.26. The first-order valence-electron chi connectivity index (χ1n) is 8.43. The van der Waals surface area contributed by atoms with E-state index < -0.39 is 0 Å². The Labute approximate surface area is 153 Å². The summed E-state index contributed by atoms with van der Waals surface area (Å²) in [4.78, 5) is 15.6. The summed E-state index contributed by atoms with van der Waals surface area (Å²) in [5, 5.41) is 0. The first kappa shape index (κ1) is 17.8. The highest BCUT2D eigenvalue weighted by Gasteiger charge is 2.11. The molecule has 0 aliphatic carbocycles. The van der Waals surface area contributed by atoms with Gasteiger partial charge in [-0.2, -0.15) is 0 Å². The Morgan fingerprint density at radius 3 is 2.27 bits per heavy atom. The second-order valence-electron chi connectivity index (χ2n) is 5.95. The van der Waals surface area contributed by atoms with Crippen molar-refractivity contribution >= 4 is 6.29 Å². The van der Waals surface area contributed by atoms with Gasteiger partial charge < -0.3 is 9.47 Å². The summed E-state index contributed by atoms with van der Waals surface area (Å²) in [7, 11) is 3.34. The van der Waals surface area contributed by atoms with E-state index in [1.807, 2.05) is 54.7 Å². The van der Waals surface area contributed by atoms with Crippen LogP contribution in [0.3, 0.4) is 0 Å². The number of hydrogen-bond acceptors (Lipinski definition) is 4. The fraction of sp³-hybridized carbons (Fsp3) is 0.182. The minimum Gasteiger partial charge on any atom is -0.497 e. The maximum absolute atomic E-state index is 10.9. The molecule has 2 aromatic carbocycles. The third-order valence-electron chi connectivity index (χ3n) is 4.26. The topological polar surface area (TPSA) is 48.4 Å². The molecular formula is C22H21NO3. The molecule has 4 nitrogen and oxygen atoms in total. The Bertz CT molecular complexity index is 871. The van der Waals surface area contributed by atoms with E-state index in [0.29, 0.717) is 12.2 Å². The second kappa shape index (κ2) is 8.41. The standard InChI is InChI=1S/C22H21NO3/c1-25-12-11-17-13-21(18-5-3-16(15-24)4-6-18)22(23-14-17)19-7-9-20(26-2)10-8-19/h3-10,13-15H,11-12H2,1-2H3. The van der Waals surface area contributed by atoms with Gasteiger partial charge in [-0.3, -0.25) is 9.78 Å². The van der Waals surface area contributed by atoms with E-state index in [-0.39, 0.29) is 0 Å². The summed E-state index contributed by atoms with van der Waals surface area (Å²) in [6.07, 6.45) is 3.54. The molecule has 0 saturated carbocycles. The summed E-state index contributed by atoms with van der Waals surface area (Å²) in [6, 6.07) is 17.5. The van der Waals surface area contributed by atoms with Gasteiger partial charge in [0.05, 0.1) is 19.4 Å². The minimum atomic E-state index is 0.646. The Hall–Kier alpha value is -2.98. The Morgan fingerprint density at radius 2 is 1.65 bits per heavy atom. The number of carbonyl (C=O) groups excluding carboxylic acids is 1. The van der Waals surface area contributed by atoms with E-state index in [4.69, 9.17) is 14.5 Å². The van der Waals surface area contributed by atoms with Crippen LogP contribution in [0.5, 0.6) is 5.75 Å². The molecule has 0 unspecified atom stereocenters. The quantitative estimate of drug-likeness (QED) is 0.594. The lowest BCUT2D eigenvalue weighted by Gasteiger charge is -2.12. The third kappa shape index (κ3) is 3.98. The largest absolute Gasteiger partial charge is 0.497 e. The number of nitrogens with zero attached hydrogens (tertiary/aromatic N) is 1. The van der Waals surface area contributed by atoms with Crippen molar-refractivity contribution in [3.63, 3.8) is 0 Å². The predicted molar refractivity (Wildman–Crippen MR) is 103 cm³/mol. The van der Waals surface area contributed by atoms with Gasteiger partial charge in [-0.25, -0.2) is 0 Å². The van der Waals surface area contributed by atoms with E-state index in [1.54, 1.807) is 14.2 Å². The predicted octanol–water partition coefficient (Wildman–Crippen LogP) is 4.43. The van der Waals surface area contributed by atoms with Gasteiger partial charge in [0.25, 0.3) is 0 Å². The lowest BCUT2D eigenvalue weighted by Crippen LogP contribution is -1.98. The van der Waals surface area contributed by atoms with Crippen molar-refractivity contribution in [1.82, 2.24) is 4.98 Å². The highest BCUT2D eigenvalue weighted by molar-refractivity contribution is 5.83. The number of carbonyl (C=O) groups is 1. The molecule has 0 amide bonds. The smallest absolute Gasteiger partial charge is 0.150 e. The van der Waals surface area contributed by atoms with Gasteiger partial charge >= 0.3 is 0 Å². The van der Waals surface area contributed by atoms with Crippen LogP contribution in [0.1, 0.15) is 15.9 Å². The molecule has 0 bridgehead atoms. The average Bonchev–Trinajstić information content (AvgIpc) is 2.72. The zero-order valence-electron chi connectivity index (χ0n) is 14.9. The number of pyridine rings is 1. The maximum Gasteiger partial charge on any atom is 0.150 e. The molecule has 0 spiro atoms. The van der Waals surface area contributed by atoms with Gasteiger partial charge in [0, 0.05) is 30.0 Å². The fourth-order valence-electron chi connectivity index (χ4n) is 2.80. The van der Waals surface area contributed by atoms with Crippen molar-refractivity contribution in [2.24, 2.45) is 0 Å². The monoisotopic (exact) mass is 347 g/mol. The first-order chi connectivity index (χ1) is 12.7. The second-order valence-corrected chi connectivity index (χ2v) is 5.95. The minimum absolute atomic E-state index is 0.646. The molecule has 26 heavy (non-hydrogen) atoms. The fourth-order valence-corrected chi connectivity index (χ4v) is 2.80. The molecule has 1 heterocycles. The molecule has 132 valence electrons. The number of benzene rings is 2. The van der Waals surface area contributed by atoms with Gasteiger partial charge in [0.2, 0.25) is 0 Å². The number of aldehydes is 1. The van der Waals surface area contributed by atoms with Crippen LogP contribution in [-0.4, -0.2) is 32.1 Å². The van der Waals surface area contributed by atoms with Crippen molar-refractivity contribution in [3.05, 3.63) is 71.9 Å². The molecule has 0 saturated heterocycles. The summed E-state index contributed by atoms with van der Waals surface area (Å²) in [5.74, 6) is 0.808. The van der Waals surface area contributed by atoms with E-state index in [9.17, 15) is 4.79 Å². The molecule has 0 aliphatic heterocycles. The van der Waals surface area contributed by atoms with Crippen molar-refractivity contribution < 1.29 is 14.3 Å². The van der Waals surface area contributed by atoms with Crippen LogP contribution in [0, 0.1) is 0 Å². The highest BCUT2D eigenvalue weighted by atomic mass is 16.5. The molecule has 4 heteroatoms. The summed E-state index contributed by atoms with van der Waals surface area (Å²) < 4.78 is 10.4. The lowest BCUT2D eigenvalue weighted by atomic mass is 9.96. The van der Waals surface area contributed by atoms with Crippen LogP contribution in [0.15, 0.2) is 60.8 Å². The Morgan fingerprint density at radius 1 is 0.962 bits per heavy atom. The normalized spacial score (nSPS) is 10.5. The molecule has 3 rings (SSSR count). The van der Waals surface area contributed by atoms with Crippen LogP contribution in [0.2, 0.25) is 0 Å². The van der Waals surface area contributed by atoms with E-state index in [0.717, 1.165) is 46.4 Å². The average molecular weight is 347 g/mol. The molecular weight excluding hydrogens is 326 g/mol. The number of rotatable bonds is 7. The van der Waals surface area contributed by atoms with E-state index >= 15 is 0 Å². The highest BCUT2D eigenvalue weighted by Crippen LogP contribution is 2.32. The summed E-state index contributed by atoms with van der Waals surface area (Å²) in [6.45, 7) is 0.646. The van der Waals surface area contributed by atoms with Gasteiger partial charge in [-0.1, -0.05) is 24.3 Å². The van der Waals surface area contributed by atoms with Gasteiger partial charge in [-0.15, -0.1) is 0 Å². The molecule has 0 N–H and O–H groups in total. The SMILES string of the molecule is COCCc1cnc(-c2ccc(OC)cc2)c(-c2ccc(C=O)cc2)c1. The van der Waals surface area contributed by atoms with Crippen LogP contribution in [0.25, 0.3) is 22.4 Å². The van der Waals surface area contributed by atoms with Gasteiger partial charge in [-0.05, 0) is 47.9 Å². The number of aromatic nitrogens is 1. The zero-order chi connectivity index (χ0) is 18.4. The van der Waals surface area contributed by atoms with E-state index in [1.165, 1.54) is 0 Å². The van der Waals surface area contributed by atoms with Crippen LogP contribution in [0.4, 0.5) is 0 Å². The summed E-state index contributed by atoms with van der Waals surface area (Å²) >= 11 is 0. The van der Waals surface area contributed by atoms with Crippen LogP contribution >= 0.6 is 0 Å². The molecule has 0 radical (unpaired) electrons. The van der Waals surface area contributed by atoms with Gasteiger partial charge in [0.1, 0.15) is 12.0 Å². The first-order valence-corrected chi connectivity index (χ1v) is 8.43. The molecule has 0 aliphatic rings. The molecule has 1 aromatic heterocycles. The van der Waals surface area contributed by atoms with Crippen molar-refractivity contribution in [2.75, 3.05) is 20.8 Å².